The molecule has 136 valence electrons. The first-order valence-corrected chi connectivity index (χ1v) is 8.00. The standard InChI is InChI=1S/C16H14Cl2F3NO3/c17-12-7-11(23)8-13(18)15(12)25-6-2-1-5-24-14-4-3-10(9-22-14)16(19,20)21/h3-4,7-9,23H,1-2,5-6H2. The van der Waals surface area contributed by atoms with Crippen LogP contribution in [-0.2, 0) is 6.18 Å². The van der Waals surface area contributed by atoms with E-state index in [1.54, 1.807) is 0 Å². The number of aromatic nitrogens is 1. The number of hydrogen-bond acceptors (Lipinski definition) is 4. The average Bonchev–Trinajstić information content (AvgIpc) is 2.52. The van der Waals surface area contributed by atoms with Crippen molar-refractivity contribution >= 4 is 23.2 Å². The summed E-state index contributed by atoms with van der Waals surface area (Å²) in [6, 6.07) is 4.74. The number of unbranched alkanes of at least 4 members (excludes halogenated alkanes) is 1. The Kier molecular flexibility index (Phi) is 6.61. The van der Waals surface area contributed by atoms with Gasteiger partial charge in [0, 0.05) is 24.4 Å². The molecule has 2 rings (SSSR count). The van der Waals surface area contributed by atoms with E-state index < -0.39 is 11.7 Å². The van der Waals surface area contributed by atoms with Gasteiger partial charge in [-0.1, -0.05) is 23.2 Å². The molecule has 0 atom stereocenters. The molecule has 0 radical (unpaired) electrons. The fourth-order valence-electron chi connectivity index (χ4n) is 1.87. The third-order valence-corrected chi connectivity index (χ3v) is 3.64. The van der Waals surface area contributed by atoms with Crippen LogP contribution in [-0.4, -0.2) is 23.3 Å². The highest BCUT2D eigenvalue weighted by Gasteiger charge is 2.30. The molecule has 0 aliphatic rings. The van der Waals surface area contributed by atoms with Gasteiger partial charge in [-0.3, -0.25) is 0 Å². The van der Waals surface area contributed by atoms with Gasteiger partial charge in [-0.25, -0.2) is 4.98 Å². The number of halogens is 5. The van der Waals surface area contributed by atoms with Crippen molar-refractivity contribution in [2.75, 3.05) is 13.2 Å². The molecule has 0 unspecified atom stereocenters. The lowest BCUT2D eigenvalue weighted by Gasteiger charge is -2.11. The highest BCUT2D eigenvalue weighted by molar-refractivity contribution is 6.37. The molecule has 1 aromatic carbocycles. The predicted molar refractivity (Wildman–Crippen MR) is 87.6 cm³/mol. The van der Waals surface area contributed by atoms with E-state index in [0.29, 0.717) is 19.4 Å². The lowest BCUT2D eigenvalue weighted by Crippen LogP contribution is -2.07. The SMILES string of the molecule is Oc1cc(Cl)c(OCCCCOc2ccc(C(F)(F)F)cn2)c(Cl)c1. The summed E-state index contributed by atoms with van der Waals surface area (Å²) in [5.41, 5.74) is -0.823. The number of phenols is 1. The fraction of sp³-hybridized carbons (Fsp3) is 0.312. The molecule has 0 amide bonds. The number of alkyl halides is 3. The zero-order chi connectivity index (χ0) is 18.4. The normalized spacial score (nSPS) is 11.4. The van der Waals surface area contributed by atoms with Crippen molar-refractivity contribution in [1.82, 2.24) is 4.98 Å². The molecule has 9 heteroatoms. The zero-order valence-electron chi connectivity index (χ0n) is 12.8. The summed E-state index contributed by atoms with van der Waals surface area (Å²) >= 11 is 11.8. The Bertz CT molecular complexity index is 686. The second-order valence-electron chi connectivity index (χ2n) is 5.03. The van der Waals surface area contributed by atoms with Gasteiger partial charge in [0.1, 0.15) is 5.75 Å². The third kappa shape index (κ3) is 5.86. The van der Waals surface area contributed by atoms with Crippen LogP contribution in [0, 0.1) is 0 Å². The van der Waals surface area contributed by atoms with Gasteiger partial charge in [0.2, 0.25) is 5.88 Å². The molecular formula is C16H14Cl2F3NO3. The summed E-state index contributed by atoms with van der Waals surface area (Å²) < 4.78 is 47.9. The van der Waals surface area contributed by atoms with E-state index in [-0.39, 0.29) is 34.0 Å². The predicted octanol–water partition coefficient (Wildman–Crippen LogP) is 5.35. The Morgan fingerprint density at radius 2 is 1.60 bits per heavy atom. The van der Waals surface area contributed by atoms with Crippen LogP contribution < -0.4 is 9.47 Å². The van der Waals surface area contributed by atoms with Crippen LogP contribution in [0.1, 0.15) is 18.4 Å². The van der Waals surface area contributed by atoms with Crippen LogP contribution >= 0.6 is 23.2 Å². The van der Waals surface area contributed by atoms with Gasteiger partial charge in [0.25, 0.3) is 0 Å². The van der Waals surface area contributed by atoms with Crippen LogP contribution in [0.3, 0.4) is 0 Å². The highest BCUT2D eigenvalue weighted by Crippen LogP contribution is 2.36. The number of ether oxygens (including phenoxy) is 2. The number of pyridine rings is 1. The Morgan fingerprint density at radius 3 is 2.12 bits per heavy atom. The maximum absolute atomic E-state index is 12.4. The molecule has 0 aliphatic carbocycles. The number of hydrogen-bond donors (Lipinski definition) is 1. The molecule has 4 nitrogen and oxygen atoms in total. The molecular weight excluding hydrogens is 382 g/mol. The largest absolute Gasteiger partial charge is 0.508 e. The Hall–Kier alpha value is -1.86. The van der Waals surface area contributed by atoms with E-state index in [1.165, 1.54) is 18.2 Å². The van der Waals surface area contributed by atoms with E-state index in [2.05, 4.69) is 4.98 Å². The number of phenolic OH excluding ortho intramolecular Hbond substituents is 1. The molecule has 1 heterocycles. The second kappa shape index (κ2) is 8.49. The number of nitrogens with zero attached hydrogens (tertiary/aromatic N) is 1. The first kappa shape index (κ1) is 19.5. The zero-order valence-corrected chi connectivity index (χ0v) is 14.3. The molecule has 0 saturated carbocycles. The van der Waals surface area contributed by atoms with Gasteiger partial charge in [-0.15, -0.1) is 0 Å². The van der Waals surface area contributed by atoms with Gasteiger partial charge < -0.3 is 14.6 Å². The molecule has 1 aromatic heterocycles. The second-order valence-corrected chi connectivity index (χ2v) is 5.84. The molecule has 0 saturated heterocycles. The molecule has 0 aliphatic heterocycles. The van der Waals surface area contributed by atoms with Gasteiger partial charge >= 0.3 is 6.18 Å². The number of rotatable bonds is 7. The fourth-order valence-corrected chi connectivity index (χ4v) is 2.46. The molecule has 0 bridgehead atoms. The molecule has 25 heavy (non-hydrogen) atoms. The summed E-state index contributed by atoms with van der Waals surface area (Å²) in [6.45, 7) is 0.590. The highest BCUT2D eigenvalue weighted by atomic mass is 35.5. The average molecular weight is 396 g/mol. The van der Waals surface area contributed by atoms with E-state index in [4.69, 9.17) is 32.7 Å². The van der Waals surface area contributed by atoms with Crippen molar-refractivity contribution in [3.63, 3.8) is 0 Å². The van der Waals surface area contributed by atoms with Crippen molar-refractivity contribution in [2.45, 2.75) is 19.0 Å². The maximum Gasteiger partial charge on any atom is 0.417 e. The lowest BCUT2D eigenvalue weighted by atomic mass is 10.3. The van der Waals surface area contributed by atoms with Crippen molar-refractivity contribution in [3.05, 3.63) is 46.1 Å². The first-order chi connectivity index (χ1) is 11.8. The van der Waals surface area contributed by atoms with Crippen molar-refractivity contribution < 1.29 is 27.8 Å². The van der Waals surface area contributed by atoms with Gasteiger partial charge in [-0.2, -0.15) is 13.2 Å². The minimum absolute atomic E-state index is 0.0557. The Morgan fingerprint density at radius 1 is 1.00 bits per heavy atom. The van der Waals surface area contributed by atoms with E-state index in [9.17, 15) is 18.3 Å². The van der Waals surface area contributed by atoms with Crippen LogP contribution in [0.25, 0.3) is 0 Å². The monoisotopic (exact) mass is 395 g/mol. The topological polar surface area (TPSA) is 51.6 Å². The molecule has 0 fully saturated rings. The van der Waals surface area contributed by atoms with Gasteiger partial charge in [-0.05, 0) is 18.9 Å². The molecule has 1 N–H and O–H groups in total. The Balaban J connectivity index is 1.70. The van der Waals surface area contributed by atoms with Crippen molar-refractivity contribution in [2.24, 2.45) is 0 Å². The maximum atomic E-state index is 12.4. The quantitative estimate of drug-likeness (QED) is 0.641. The van der Waals surface area contributed by atoms with E-state index >= 15 is 0 Å². The van der Waals surface area contributed by atoms with Gasteiger partial charge in [0.05, 0.1) is 28.8 Å². The first-order valence-electron chi connectivity index (χ1n) is 7.24. The molecule has 0 spiro atoms. The van der Waals surface area contributed by atoms with Crippen LogP contribution in [0.5, 0.6) is 17.4 Å². The third-order valence-electron chi connectivity index (χ3n) is 3.08. The van der Waals surface area contributed by atoms with E-state index in [0.717, 1.165) is 12.3 Å². The van der Waals surface area contributed by atoms with Crippen molar-refractivity contribution in [3.8, 4) is 17.4 Å². The minimum atomic E-state index is -4.42. The smallest absolute Gasteiger partial charge is 0.417 e. The summed E-state index contributed by atoms with van der Waals surface area (Å²) in [7, 11) is 0. The van der Waals surface area contributed by atoms with E-state index in [1.807, 2.05) is 0 Å². The van der Waals surface area contributed by atoms with Crippen molar-refractivity contribution in [1.29, 1.82) is 0 Å². The summed E-state index contributed by atoms with van der Waals surface area (Å²) in [5.74, 6) is 0.352. The lowest BCUT2D eigenvalue weighted by molar-refractivity contribution is -0.137. The van der Waals surface area contributed by atoms with Crippen LogP contribution in [0.15, 0.2) is 30.5 Å². The number of benzene rings is 1. The summed E-state index contributed by atoms with van der Waals surface area (Å²) in [4.78, 5) is 3.61. The van der Waals surface area contributed by atoms with Crippen LogP contribution in [0.4, 0.5) is 13.2 Å². The summed E-state index contributed by atoms with van der Waals surface area (Å²) in [5, 5.41) is 9.73. The number of aromatic hydroxyl groups is 1. The minimum Gasteiger partial charge on any atom is -0.508 e. The van der Waals surface area contributed by atoms with Gasteiger partial charge in [0.15, 0.2) is 5.75 Å². The molecule has 2 aromatic rings. The Labute approximate surface area is 152 Å². The summed E-state index contributed by atoms with van der Waals surface area (Å²) in [6.07, 6.45) is -2.49. The van der Waals surface area contributed by atoms with Crippen LogP contribution in [0.2, 0.25) is 10.0 Å².